The first-order chi connectivity index (χ1) is 9.28. The van der Waals surface area contributed by atoms with Crippen LogP contribution in [0.3, 0.4) is 0 Å². The van der Waals surface area contributed by atoms with Gasteiger partial charge in [-0.2, -0.15) is 5.26 Å². The van der Waals surface area contributed by atoms with Crippen LogP contribution in [0.2, 0.25) is 0 Å². The minimum absolute atomic E-state index is 0.288. The number of imidazole rings is 1. The molecule has 0 atom stereocenters. The summed E-state index contributed by atoms with van der Waals surface area (Å²) in [6.07, 6.45) is 0.288. The van der Waals surface area contributed by atoms with E-state index in [-0.39, 0.29) is 6.42 Å². The molecule has 4 nitrogen and oxygen atoms in total. The number of halogens is 1. The summed E-state index contributed by atoms with van der Waals surface area (Å²) >= 11 is 3.29. The SMILES string of the molecule is N#CCc1nc2ccccc2n1Cc1ccc(Br)o1. The number of para-hydroxylation sites is 2. The average Bonchev–Trinajstić information content (AvgIpc) is 2.96. The number of benzene rings is 1. The fourth-order valence-electron chi connectivity index (χ4n) is 2.10. The summed E-state index contributed by atoms with van der Waals surface area (Å²) < 4.78 is 8.24. The molecule has 0 aliphatic rings. The van der Waals surface area contributed by atoms with Gasteiger partial charge in [-0.3, -0.25) is 0 Å². The highest BCUT2D eigenvalue weighted by Gasteiger charge is 2.11. The molecule has 5 heteroatoms. The molecule has 1 aromatic carbocycles. The van der Waals surface area contributed by atoms with Crippen LogP contribution in [0.5, 0.6) is 0 Å². The third-order valence-electron chi connectivity index (χ3n) is 2.91. The van der Waals surface area contributed by atoms with Crippen LogP contribution >= 0.6 is 15.9 Å². The van der Waals surface area contributed by atoms with Gasteiger partial charge in [-0.05, 0) is 40.2 Å². The van der Waals surface area contributed by atoms with E-state index in [2.05, 4.69) is 27.0 Å². The number of nitriles is 1. The maximum atomic E-state index is 8.91. The third kappa shape index (κ3) is 2.27. The number of aromatic nitrogens is 2. The van der Waals surface area contributed by atoms with Gasteiger partial charge in [0.15, 0.2) is 4.67 Å². The first-order valence-electron chi connectivity index (χ1n) is 5.83. The number of rotatable bonds is 3. The lowest BCUT2D eigenvalue weighted by Gasteiger charge is -2.05. The van der Waals surface area contributed by atoms with E-state index in [1.807, 2.05) is 41.0 Å². The molecule has 0 unspecified atom stereocenters. The molecule has 3 aromatic rings. The Morgan fingerprint density at radius 3 is 2.84 bits per heavy atom. The van der Waals surface area contributed by atoms with Gasteiger partial charge in [0.2, 0.25) is 0 Å². The van der Waals surface area contributed by atoms with Crippen LogP contribution in [0.1, 0.15) is 11.6 Å². The molecule has 0 radical (unpaired) electrons. The highest BCUT2D eigenvalue weighted by Crippen LogP contribution is 2.20. The highest BCUT2D eigenvalue weighted by molar-refractivity contribution is 9.10. The molecule has 0 spiro atoms. The Kier molecular flexibility index (Phi) is 3.10. The molecule has 0 aliphatic heterocycles. The minimum Gasteiger partial charge on any atom is -0.452 e. The lowest BCUT2D eigenvalue weighted by atomic mass is 10.3. The van der Waals surface area contributed by atoms with Crippen LogP contribution in [0.25, 0.3) is 11.0 Å². The second-order valence-electron chi connectivity index (χ2n) is 4.14. The van der Waals surface area contributed by atoms with Gasteiger partial charge in [0, 0.05) is 0 Å². The quantitative estimate of drug-likeness (QED) is 0.743. The summed E-state index contributed by atoms with van der Waals surface area (Å²) in [5.41, 5.74) is 1.92. The Labute approximate surface area is 118 Å². The summed E-state index contributed by atoms with van der Waals surface area (Å²) in [4.78, 5) is 4.49. The molecule has 19 heavy (non-hydrogen) atoms. The molecule has 2 aromatic heterocycles. The molecule has 0 N–H and O–H groups in total. The van der Waals surface area contributed by atoms with E-state index in [9.17, 15) is 0 Å². The van der Waals surface area contributed by atoms with Crippen molar-refractivity contribution in [3.63, 3.8) is 0 Å². The number of nitrogens with zero attached hydrogens (tertiary/aromatic N) is 3. The van der Waals surface area contributed by atoms with E-state index >= 15 is 0 Å². The van der Waals surface area contributed by atoms with Crippen molar-refractivity contribution >= 4 is 27.0 Å². The molecule has 0 aliphatic carbocycles. The summed E-state index contributed by atoms with van der Waals surface area (Å²) in [5.74, 6) is 1.59. The lowest BCUT2D eigenvalue weighted by Crippen LogP contribution is -2.04. The molecule has 94 valence electrons. The monoisotopic (exact) mass is 315 g/mol. The van der Waals surface area contributed by atoms with Crippen LogP contribution in [0.15, 0.2) is 45.5 Å². The molecule has 2 heterocycles. The molecule has 0 amide bonds. The number of fused-ring (bicyclic) bond motifs is 1. The Hall–Kier alpha value is -2.06. The standard InChI is InChI=1S/C14H10BrN3O/c15-13-6-5-10(19-13)9-18-12-4-2-1-3-11(12)17-14(18)7-8-16/h1-6H,7,9H2. The van der Waals surface area contributed by atoms with Crippen molar-refractivity contribution in [2.24, 2.45) is 0 Å². The molecular weight excluding hydrogens is 306 g/mol. The third-order valence-corrected chi connectivity index (χ3v) is 3.34. The van der Waals surface area contributed by atoms with Crippen molar-refractivity contribution in [2.45, 2.75) is 13.0 Å². The van der Waals surface area contributed by atoms with Gasteiger partial charge in [-0.25, -0.2) is 4.98 Å². The van der Waals surface area contributed by atoms with Crippen LogP contribution < -0.4 is 0 Å². The summed E-state index contributed by atoms with van der Waals surface area (Å²) in [7, 11) is 0. The number of hydrogen-bond donors (Lipinski definition) is 0. The minimum atomic E-state index is 0.288. The van der Waals surface area contributed by atoms with Gasteiger partial charge < -0.3 is 8.98 Å². The Morgan fingerprint density at radius 1 is 1.26 bits per heavy atom. The molecule has 0 bridgehead atoms. The maximum Gasteiger partial charge on any atom is 0.169 e. The average molecular weight is 316 g/mol. The van der Waals surface area contributed by atoms with Crippen LogP contribution in [-0.4, -0.2) is 9.55 Å². The van der Waals surface area contributed by atoms with Crippen LogP contribution in [-0.2, 0) is 13.0 Å². The molecular formula is C14H10BrN3O. The van der Waals surface area contributed by atoms with Crippen molar-refractivity contribution in [1.82, 2.24) is 9.55 Å². The van der Waals surface area contributed by atoms with Crippen LogP contribution in [0.4, 0.5) is 0 Å². The zero-order valence-corrected chi connectivity index (χ0v) is 11.6. The second-order valence-corrected chi connectivity index (χ2v) is 4.93. The fourth-order valence-corrected chi connectivity index (χ4v) is 2.44. The predicted molar refractivity (Wildman–Crippen MR) is 74.6 cm³/mol. The van der Waals surface area contributed by atoms with E-state index in [0.29, 0.717) is 11.2 Å². The van der Waals surface area contributed by atoms with Gasteiger partial charge in [-0.1, -0.05) is 12.1 Å². The van der Waals surface area contributed by atoms with Crippen molar-refractivity contribution in [3.8, 4) is 6.07 Å². The van der Waals surface area contributed by atoms with E-state index in [0.717, 1.165) is 22.6 Å². The molecule has 0 saturated carbocycles. The van der Waals surface area contributed by atoms with E-state index in [4.69, 9.17) is 9.68 Å². The van der Waals surface area contributed by atoms with Crippen molar-refractivity contribution in [3.05, 3.63) is 52.7 Å². The Balaban J connectivity index is 2.09. The van der Waals surface area contributed by atoms with Gasteiger partial charge in [-0.15, -0.1) is 0 Å². The molecule has 0 saturated heterocycles. The highest BCUT2D eigenvalue weighted by atomic mass is 79.9. The zero-order chi connectivity index (χ0) is 13.2. The smallest absolute Gasteiger partial charge is 0.169 e. The summed E-state index contributed by atoms with van der Waals surface area (Å²) in [6.45, 7) is 0.573. The Morgan fingerprint density at radius 2 is 2.11 bits per heavy atom. The number of hydrogen-bond acceptors (Lipinski definition) is 3. The van der Waals surface area contributed by atoms with Crippen molar-refractivity contribution < 1.29 is 4.42 Å². The first kappa shape index (κ1) is 12.0. The van der Waals surface area contributed by atoms with Crippen molar-refractivity contribution in [2.75, 3.05) is 0 Å². The molecule has 3 rings (SSSR count). The maximum absolute atomic E-state index is 8.91. The zero-order valence-electron chi connectivity index (χ0n) is 10.0. The number of furan rings is 1. The topological polar surface area (TPSA) is 54.8 Å². The normalized spacial score (nSPS) is 10.7. The largest absolute Gasteiger partial charge is 0.452 e. The summed E-state index contributed by atoms with van der Waals surface area (Å²) in [5, 5.41) is 8.91. The van der Waals surface area contributed by atoms with E-state index in [1.165, 1.54) is 0 Å². The van der Waals surface area contributed by atoms with E-state index < -0.39 is 0 Å². The van der Waals surface area contributed by atoms with Crippen LogP contribution in [0, 0.1) is 11.3 Å². The first-order valence-corrected chi connectivity index (χ1v) is 6.62. The lowest BCUT2D eigenvalue weighted by molar-refractivity contribution is 0.473. The van der Waals surface area contributed by atoms with E-state index in [1.54, 1.807) is 0 Å². The second kappa shape index (κ2) is 4.90. The predicted octanol–water partition coefficient (Wildman–Crippen LogP) is 3.51. The van der Waals surface area contributed by atoms with Gasteiger partial charge in [0.05, 0.1) is 30.1 Å². The Bertz CT molecular complexity index is 766. The van der Waals surface area contributed by atoms with Gasteiger partial charge in [0.1, 0.15) is 11.6 Å². The van der Waals surface area contributed by atoms with Gasteiger partial charge >= 0.3 is 0 Å². The van der Waals surface area contributed by atoms with Gasteiger partial charge in [0.25, 0.3) is 0 Å². The fraction of sp³-hybridized carbons (Fsp3) is 0.143. The van der Waals surface area contributed by atoms with Crippen molar-refractivity contribution in [1.29, 1.82) is 5.26 Å². The summed E-state index contributed by atoms with van der Waals surface area (Å²) in [6, 6.07) is 13.8. The molecule has 0 fully saturated rings.